The first kappa shape index (κ1) is 10.4. The highest BCUT2D eigenvalue weighted by atomic mass is 35.5. The highest BCUT2D eigenvalue weighted by molar-refractivity contribution is 6.31. The summed E-state index contributed by atoms with van der Waals surface area (Å²) in [5.41, 5.74) is 7.84. The van der Waals surface area contributed by atoms with Gasteiger partial charge in [0, 0.05) is 17.9 Å². The van der Waals surface area contributed by atoms with E-state index in [1.807, 2.05) is 0 Å². The Hall–Kier alpha value is -1.10. The van der Waals surface area contributed by atoms with Crippen LogP contribution in [0.3, 0.4) is 0 Å². The lowest BCUT2D eigenvalue weighted by Gasteiger charge is -2.11. The molecule has 4 N–H and O–H groups in total. The third-order valence-electron chi connectivity index (χ3n) is 2.27. The van der Waals surface area contributed by atoms with Crippen molar-refractivity contribution in [2.75, 3.05) is 0 Å². The topological polar surface area (TPSA) is 74.9 Å². The number of nitrogens with one attached hydrogen (secondary N) is 1. The van der Waals surface area contributed by atoms with Gasteiger partial charge in [-0.15, -0.1) is 0 Å². The number of nitrogens with two attached hydrogens (primary N) is 1. The SMILES string of the molecule is CC(N)C(O)c1cc2ncc(Cl)cc2[nH]1. The number of aromatic amines is 1. The second-order valence-corrected chi connectivity index (χ2v) is 4.05. The smallest absolute Gasteiger partial charge is 0.109 e. The normalized spacial score (nSPS) is 15.5. The van der Waals surface area contributed by atoms with Gasteiger partial charge in [-0.05, 0) is 19.1 Å². The standard InChI is InChI=1S/C10H12ClN3O/c1-5(12)10(15)9-3-7-8(14-9)2-6(11)4-13-7/h2-5,10,14-15H,12H2,1H3. The average molecular weight is 226 g/mol. The molecular formula is C10H12ClN3O. The monoisotopic (exact) mass is 225 g/mol. The largest absolute Gasteiger partial charge is 0.385 e. The van der Waals surface area contributed by atoms with Crippen molar-refractivity contribution in [3.63, 3.8) is 0 Å². The summed E-state index contributed by atoms with van der Waals surface area (Å²) in [7, 11) is 0. The van der Waals surface area contributed by atoms with Crippen molar-refractivity contribution in [2.24, 2.45) is 5.73 Å². The minimum Gasteiger partial charge on any atom is -0.385 e. The first-order valence-corrected chi connectivity index (χ1v) is 5.03. The van der Waals surface area contributed by atoms with Crippen molar-refractivity contribution in [1.82, 2.24) is 9.97 Å². The van der Waals surface area contributed by atoms with Crippen LogP contribution >= 0.6 is 11.6 Å². The Morgan fingerprint density at radius 2 is 2.27 bits per heavy atom. The van der Waals surface area contributed by atoms with Gasteiger partial charge in [0.25, 0.3) is 0 Å². The lowest BCUT2D eigenvalue weighted by atomic mass is 10.1. The van der Waals surface area contributed by atoms with Crippen LogP contribution in [0.5, 0.6) is 0 Å². The summed E-state index contributed by atoms with van der Waals surface area (Å²) in [5.74, 6) is 0. The molecule has 0 radical (unpaired) electrons. The number of hydrogen-bond acceptors (Lipinski definition) is 3. The van der Waals surface area contributed by atoms with Gasteiger partial charge in [0.2, 0.25) is 0 Å². The van der Waals surface area contributed by atoms with E-state index < -0.39 is 6.10 Å². The number of aliphatic hydroxyl groups excluding tert-OH is 1. The van der Waals surface area contributed by atoms with Gasteiger partial charge in [-0.2, -0.15) is 0 Å². The van der Waals surface area contributed by atoms with Gasteiger partial charge >= 0.3 is 0 Å². The molecule has 0 aliphatic rings. The van der Waals surface area contributed by atoms with Crippen LogP contribution in [0.25, 0.3) is 11.0 Å². The summed E-state index contributed by atoms with van der Waals surface area (Å²) >= 11 is 5.80. The molecule has 15 heavy (non-hydrogen) atoms. The van der Waals surface area contributed by atoms with Crippen molar-refractivity contribution < 1.29 is 5.11 Å². The summed E-state index contributed by atoms with van der Waals surface area (Å²) < 4.78 is 0. The Balaban J connectivity index is 2.47. The zero-order chi connectivity index (χ0) is 11.0. The summed E-state index contributed by atoms with van der Waals surface area (Å²) in [4.78, 5) is 7.17. The first-order valence-electron chi connectivity index (χ1n) is 4.66. The van der Waals surface area contributed by atoms with Gasteiger partial charge in [-0.3, -0.25) is 4.98 Å². The van der Waals surface area contributed by atoms with Gasteiger partial charge < -0.3 is 15.8 Å². The Bertz CT molecular complexity index is 480. The molecule has 0 spiro atoms. The van der Waals surface area contributed by atoms with E-state index in [0.29, 0.717) is 10.7 Å². The third kappa shape index (κ3) is 1.97. The van der Waals surface area contributed by atoms with E-state index in [1.165, 1.54) is 0 Å². The zero-order valence-corrected chi connectivity index (χ0v) is 8.99. The lowest BCUT2D eigenvalue weighted by Crippen LogP contribution is -2.24. The molecule has 0 saturated carbocycles. The number of halogens is 1. The van der Waals surface area contributed by atoms with E-state index in [0.717, 1.165) is 11.0 Å². The minimum atomic E-state index is -0.710. The van der Waals surface area contributed by atoms with E-state index in [2.05, 4.69) is 9.97 Å². The number of hydrogen-bond donors (Lipinski definition) is 3. The molecule has 0 fully saturated rings. The van der Waals surface area contributed by atoms with E-state index >= 15 is 0 Å². The van der Waals surface area contributed by atoms with Crippen molar-refractivity contribution in [3.05, 3.63) is 29.0 Å². The number of H-pyrrole nitrogens is 1. The van der Waals surface area contributed by atoms with E-state index in [4.69, 9.17) is 17.3 Å². The van der Waals surface area contributed by atoms with E-state index in [9.17, 15) is 5.11 Å². The molecule has 80 valence electrons. The summed E-state index contributed by atoms with van der Waals surface area (Å²) in [6.45, 7) is 1.75. The van der Waals surface area contributed by atoms with Crippen LogP contribution in [0.15, 0.2) is 18.3 Å². The molecule has 4 nitrogen and oxygen atoms in total. The number of aromatic nitrogens is 2. The number of nitrogens with zero attached hydrogens (tertiary/aromatic N) is 1. The Kier molecular flexibility index (Phi) is 2.65. The Morgan fingerprint density at radius 1 is 1.53 bits per heavy atom. The molecule has 2 atom stereocenters. The molecule has 0 aromatic carbocycles. The van der Waals surface area contributed by atoms with Crippen molar-refractivity contribution in [3.8, 4) is 0 Å². The fourth-order valence-corrected chi connectivity index (χ4v) is 1.60. The second-order valence-electron chi connectivity index (χ2n) is 3.61. The molecule has 2 aromatic heterocycles. The maximum atomic E-state index is 9.75. The van der Waals surface area contributed by atoms with Crippen LogP contribution in [0.1, 0.15) is 18.7 Å². The fraction of sp³-hybridized carbons (Fsp3) is 0.300. The van der Waals surface area contributed by atoms with Gasteiger partial charge in [-0.1, -0.05) is 11.6 Å². The van der Waals surface area contributed by atoms with Crippen LogP contribution < -0.4 is 5.73 Å². The number of pyridine rings is 1. The number of aliphatic hydroxyl groups is 1. The molecule has 0 aliphatic carbocycles. The molecular weight excluding hydrogens is 214 g/mol. The van der Waals surface area contributed by atoms with Crippen LogP contribution in [0.4, 0.5) is 0 Å². The summed E-state index contributed by atoms with van der Waals surface area (Å²) in [5, 5.41) is 10.3. The predicted octanol–water partition coefficient (Wildman–Crippen LogP) is 1.60. The lowest BCUT2D eigenvalue weighted by molar-refractivity contribution is 0.149. The second kappa shape index (κ2) is 3.81. The van der Waals surface area contributed by atoms with E-state index in [1.54, 1.807) is 25.3 Å². The highest BCUT2D eigenvalue weighted by Gasteiger charge is 2.15. The third-order valence-corrected chi connectivity index (χ3v) is 2.48. The molecule has 0 amide bonds. The van der Waals surface area contributed by atoms with Crippen LogP contribution in [-0.4, -0.2) is 21.1 Å². The summed E-state index contributed by atoms with van der Waals surface area (Å²) in [6, 6.07) is 3.22. The highest BCUT2D eigenvalue weighted by Crippen LogP contribution is 2.22. The molecule has 2 unspecified atom stereocenters. The molecule has 2 rings (SSSR count). The Labute approximate surface area is 92.1 Å². The first-order chi connectivity index (χ1) is 7.08. The average Bonchev–Trinajstić information content (AvgIpc) is 2.58. The quantitative estimate of drug-likeness (QED) is 0.727. The maximum Gasteiger partial charge on any atom is 0.109 e. The maximum absolute atomic E-state index is 9.75. The molecule has 0 aliphatic heterocycles. The van der Waals surface area contributed by atoms with E-state index in [-0.39, 0.29) is 6.04 Å². The predicted molar refractivity (Wildman–Crippen MR) is 59.7 cm³/mol. The van der Waals surface area contributed by atoms with Crippen LogP contribution in [0.2, 0.25) is 5.02 Å². The fourth-order valence-electron chi connectivity index (χ4n) is 1.45. The molecule has 2 heterocycles. The number of rotatable bonds is 2. The van der Waals surface area contributed by atoms with Crippen molar-refractivity contribution >= 4 is 22.6 Å². The van der Waals surface area contributed by atoms with Crippen molar-refractivity contribution in [2.45, 2.75) is 19.1 Å². The van der Waals surface area contributed by atoms with Crippen molar-refractivity contribution in [1.29, 1.82) is 0 Å². The van der Waals surface area contributed by atoms with Gasteiger partial charge in [0.15, 0.2) is 0 Å². The Morgan fingerprint density at radius 3 is 2.93 bits per heavy atom. The molecule has 0 saturated heterocycles. The van der Waals surface area contributed by atoms with Gasteiger partial charge in [0.1, 0.15) is 6.10 Å². The number of fused-ring (bicyclic) bond motifs is 1. The minimum absolute atomic E-state index is 0.325. The zero-order valence-electron chi connectivity index (χ0n) is 8.24. The van der Waals surface area contributed by atoms with Gasteiger partial charge in [-0.25, -0.2) is 0 Å². The molecule has 2 aromatic rings. The summed E-state index contributed by atoms with van der Waals surface area (Å²) in [6.07, 6.45) is 0.859. The van der Waals surface area contributed by atoms with Crippen LogP contribution in [-0.2, 0) is 0 Å². The molecule has 0 bridgehead atoms. The van der Waals surface area contributed by atoms with Gasteiger partial charge in [0.05, 0.1) is 16.1 Å². The van der Waals surface area contributed by atoms with Crippen LogP contribution in [0, 0.1) is 0 Å². The molecule has 5 heteroatoms.